The number of fused-ring (bicyclic) bond motifs is 2. The van der Waals surface area contributed by atoms with Crippen molar-refractivity contribution in [3.05, 3.63) is 35.9 Å². The van der Waals surface area contributed by atoms with Crippen molar-refractivity contribution in [3.8, 4) is 0 Å². The highest BCUT2D eigenvalue weighted by atomic mass is 32.1. The molecular weight excluding hydrogens is 240 g/mol. The highest BCUT2D eigenvalue weighted by molar-refractivity contribution is 7.80. The third-order valence-corrected chi connectivity index (χ3v) is 4.61. The van der Waals surface area contributed by atoms with Gasteiger partial charge in [-0.15, -0.1) is 0 Å². The summed E-state index contributed by atoms with van der Waals surface area (Å²) in [7, 11) is 0. The molecule has 2 nitrogen and oxygen atoms in total. The first-order valence-corrected chi connectivity index (χ1v) is 7.30. The molecule has 2 aliphatic carbocycles. The molecule has 3 heteroatoms. The van der Waals surface area contributed by atoms with E-state index in [4.69, 9.17) is 12.2 Å². The fourth-order valence-electron chi connectivity index (χ4n) is 3.42. The average molecular weight is 260 g/mol. The number of hydrogen-bond acceptors (Lipinski definition) is 1. The molecule has 1 aromatic rings. The van der Waals surface area contributed by atoms with Crippen molar-refractivity contribution in [1.29, 1.82) is 0 Å². The average Bonchev–Trinajstić information content (AvgIpc) is 3.00. The molecule has 2 bridgehead atoms. The Bertz CT molecular complexity index is 418. The second-order valence-electron chi connectivity index (χ2n) is 5.59. The van der Waals surface area contributed by atoms with Crippen molar-refractivity contribution >= 4 is 17.3 Å². The zero-order valence-corrected chi connectivity index (χ0v) is 11.4. The van der Waals surface area contributed by atoms with Crippen LogP contribution in [-0.4, -0.2) is 11.2 Å². The molecule has 0 unspecified atom stereocenters. The zero-order valence-electron chi connectivity index (χ0n) is 10.6. The summed E-state index contributed by atoms with van der Waals surface area (Å²) >= 11 is 5.38. The molecule has 0 aliphatic heterocycles. The van der Waals surface area contributed by atoms with E-state index in [1.54, 1.807) is 0 Å². The minimum Gasteiger partial charge on any atom is -0.360 e. The molecule has 2 saturated carbocycles. The predicted molar refractivity (Wildman–Crippen MR) is 78.3 cm³/mol. The molecule has 2 N–H and O–H groups in total. The van der Waals surface area contributed by atoms with E-state index in [1.165, 1.54) is 31.2 Å². The molecule has 0 saturated heterocycles. The number of hydrogen-bond donors (Lipinski definition) is 2. The minimum absolute atomic E-state index is 0.625. The lowest BCUT2D eigenvalue weighted by Gasteiger charge is -2.24. The van der Waals surface area contributed by atoms with E-state index in [0.29, 0.717) is 6.04 Å². The monoisotopic (exact) mass is 260 g/mol. The Hall–Kier alpha value is -1.09. The van der Waals surface area contributed by atoms with Crippen LogP contribution in [0.25, 0.3) is 0 Å². The summed E-state index contributed by atoms with van der Waals surface area (Å²) in [4.78, 5) is 0. The first-order valence-electron chi connectivity index (χ1n) is 6.89. The van der Waals surface area contributed by atoms with Crippen molar-refractivity contribution < 1.29 is 0 Å². The standard InChI is InChI=1S/C15H20N2S/c18-15(16-10-11-4-2-1-3-5-11)17-14-9-12-6-7-13(14)8-12/h1-5,12-14H,6-10H2,(H2,16,17,18)/t12-,13-,14-/m0/s1. The van der Waals surface area contributed by atoms with E-state index in [9.17, 15) is 0 Å². The lowest BCUT2D eigenvalue weighted by atomic mass is 9.96. The number of nitrogens with one attached hydrogen (secondary N) is 2. The van der Waals surface area contributed by atoms with Gasteiger partial charge in [-0.25, -0.2) is 0 Å². The SMILES string of the molecule is S=C(NCc1ccccc1)N[C@H]1C[C@H]2CC[C@H]1C2. The predicted octanol–water partition coefficient (Wildman–Crippen LogP) is 2.84. The Labute approximate surface area is 114 Å². The van der Waals surface area contributed by atoms with Crippen LogP contribution in [0.3, 0.4) is 0 Å². The van der Waals surface area contributed by atoms with E-state index in [2.05, 4.69) is 34.9 Å². The van der Waals surface area contributed by atoms with Gasteiger partial charge >= 0.3 is 0 Å². The van der Waals surface area contributed by atoms with Crippen LogP contribution in [0.1, 0.15) is 31.2 Å². The van der Waals surface area contributed by atoms with E-state index in [-0.39, 0.29) is 0 Å². The van der Waals surface area contributed by atoms with Crippen LogP contribution in [-0.2, 0) is 6.54 Å². The van der Waals surface area contributed by atoms with Crippen molar-refractivity contribution in [2.75, 3.05) is 0 Å². The van der Waals surface area contributed by atoms with E-state index < -0.39 is 0 Å². The quantitative estimate of drug-likeness (QED) is 0.817. The number of thiocarbonyl (C=S) groups is 1. The van der Waals surface area contributed by atoms with Crippen LogP contribution in [0.5, 0.6) is 0 Å². The van der Waals surface area contributed by atoms with Gasteiger partial charge in [0.1, 0.15) is 0 Å². The first-order chi connectivity index (χ1) is 8.81. The molecule has 2 fully saturated rings. The molecular formula is C15H20N2S. The summed E-state index contributed by atoms with van der Waals surface area (Å²) < 4.78 is 0. The summed E-state index contributed by atoms with van der Waals surface area (Å²) in [5.74, 6) is 1.83. The summed E-state index contributed by atoms with van der Waals surface area (Å²) in [5.41, 5.74) is 1.27. The van der Waals surface area contributed by atoms with Crippen molar-refractivity contribution in [2.24, 2.45) is 11.8 Å². The molecule has 0 spiro atoms. The van der Waals surface area contributed by atoms with Gasteiger partial charge in [0.05, 0.1) is 0 Å². The fourth-order valence-corrected chi connectivity index (χ4v) is 3.64. The summed E-state index contributed by atoms with van der Waals surface area (Å²) in [6.07, 6.45) is 5.56. The summed E-state index contributed by atoms with van der Waals surface area (Å²) in [6, 6.07) is 11.0. The zero-order chi connectivity index (χ0) is 12.4. The summed E-state index contributed by atoms with van der Waals surface area (Å²) in [6.45, 7) is 0.813. The third kappa shape index (κ3) is 2.66. The molecule has 0 heterocycles. The van der Waals surface area contributed by atoms with Crippen molar-refractivity contribution in [2.45, 2.75) is 38.3 Å². The maximum atomic E-state index is 5.38. The Balaban J connectivity index is 1.45. The molecule has 0 aromatic heterocycles. The van der Waals surface area contributed by atoms with Gasteiger partial charge in [0, 0.05) is 12.6 Å². The van der Waals surface area contributed by atoms with Gasteiger partial charge < -0.3 is 10.6 Å². The Kier molecular flexibility index (Phi) is 3.50. The normalized spacial score (nSPS) is 29.2. The first kappa shape index (κ1) is 12.0. The Morgan fingerprint density at radius 1 is 1.17 bits per heavy atom. The number of rotatable bonds is 3. The van der Waals surface area contributed by atoms with Crippen molar-refractivity contribution in [1.82, 2.24) is 10.6 Å². The van der Waals surface area contributed by atoms with E-state index in [0.717, 1.165) is 23.5 Å². The topological polar surface area (TPSA) is 24.1 Å². The van der Waals surface area contributed by atoms with Crippen LogP contribution in [0.4, 0.5) is 0 Å². The molecule has 3 rings (SSSR count). The fraction of sp³-hybridized carbons (Fsp3) is 0.533. The highest BCUT2D eigenvalue weighted by Gasteiger charge is 2.39. The highest BCUT2D eigenvalue weighted by Crippen LogP contribution is 2.44. The molecule has 0 amide bonds. The third-order valence-electron chi connectivity index (χ3n) is 4.35. The number of benzene rings is 1. The van der Waals surface area contributed by atoms with Crippen LogP contribution >= 0.6 is 12.2 Å². The van der Waals surface area contributed by atoms with E-state index in [1.807, 2.05) is 6.07 Å². The molecule has 2 aliphatic rings. The smallest absolute Gasteiger partial charge is 0.166 e. The molecule has 0 radical (unpaired) electrons. The minimum atomic E-state index is 0.625. The van der Waals surface area contributed by atoms with Crippen LogP contribution < -0.4 is 10.6 Å². The maximum Gasteiger partial charge on any atom is 0.166 e. The van der Waals surface area contributed by atoms with Gasteiger partial charge in [-0.1, -0.05) is 36.8 Å². The summed E-state index contributed by atoms with van der Waals surface area (Å²) in [5, 5.41) is 7.62. The van der Waals surface area contributed by atoms with Gasteiger partial charge in [0.15, 0.2) is 5.11 Å². The van der Waals surface area contributed by atoms with Gasteiger partial charge in [-0.2, -0.15) is 0 Å². The Morgan fingerprint density at radius 3 is 2.67 bits per heavy atom. The lowest BCUT2D eigenvalue weighted by Crippen LogP contribution is -2.43. The molecule has 1 aromatic carbocycles. The van der Waals surface area contributed by atoms with Gasteiger partial charge in [-0.05, 0) is 48.9 Å². The Morgan fingerprint density at radius 2 is 2.00 bits per heavy atom. The second kappa shape index (κ2) is 5.27. The van der Waals surface area contributed by atoms with Crippen LogP contribution in [0.15, 0.2) is 30.3 Å². The van der Waals surface area contributed by atoms with E-state index >= 15 is 0 Å². The maximum absolute atomic E-state index is 5.38. The van der Waals surface area contributed by atoms with Gasteiger partial charge in [0.2, 0.25) is 0 Å². The molecule has 3 atom stereocenters. The second-order valence-corrected chi connectivity index (χ2v) is 6.00. The van der Waals surface area contributed by atoms with Crippen LogP contribution in [0, 0.1) is 11.8 Å². The lowest BCUT2D eigenvalue weighted by molar-refractivity contribution is 0.389. The van der Waals surface area contributed by atoms with Gasteiger partial charge in [-0.3, -0.25) is 0 Å². The van der Waals surface area contributed by atoms with Crippen LogP contribution in [0.2, 0.25) is 0 Å². The van der Waals surface area contributed by atoms with Crippen molar-refractivity contribution in [3.63, 3.8) is 0 Å². The molecule has 96 valence electrons. The molecule has 18 heavy (non-hydrogen) atoms. The largest absolute Gasteiger partial charge is 0.360 e. The van der Waals surface area contributed by atoms with Gasteiger partial charge in [0.25, 0.3) is 0 Å².